The van der Waals surface area contributed by atoms with E-state index in [0.717, 1.165) is 11.3 Å². The lowest BCUT2D eigenvalue weighted by atomic mass is 10.2. The van der Waals surface area contributed by atoms with Crippen molar-refractivity contribution in [2.24, 2.45) is 11.7 Å². The first-order valence-electron chi connectivity index (χ1n) is 6.30. The molecular formula is C13H22N2O3S2. The summed E-state index contributed by atoms with van der Waals surface area (Å²) < 4.78 is 32.4. The summed E-state index contributed by atoms with van der Waals surface area (Å²) in [5.41, 5.74) is 6.37. The maximum absolute atomic E-state index is 12.3. The highest BCUT2D eigenvalue weighted by Gasteiger charge is 2.20. The molecule has 1 aromatic carbocycles. The molecule has 0 heterocycles. The van der Waals surface area contributed by atoms with Crippen molar-refractivity contribution >= 4 is 21.8 Å². The smallest absolute Gasteiger partial charge is 0.244 e. The van der Waals surface area contributed by atoms with E-state index in [2.05, 4.69) is 4.72 Å². The largest absolute Gasteiger partial charge is 0.495 e. The Bertz CT molecular complexity index is 532. The molecule has 7 heteroatoms. The molecule has 0 aliphatic carbocycles. The number of nitrogens with one attached hydrogen (secondary N) is 1. The quantitative estimate of drug-likeness (QED) is 0.758. The van der Waals surface area contributed by atoms with Crippen LogP contribution in [0, 0.1) is 5.92 Å². The van der Waals surface area contributed by atoms with E-state index in [1.807, 2.05) is 13.2 Å². The van der Waals surface area contributed by atoms with Gasteiger partial charge in [-0.1, -0.05) is 13.0 Å². The molecule has 0 aromatic heterocycles. The summed E-state index contributed by atoms with van der Waals surface area (Å²) in [5, 5.41) is 0. The fraction of sp³-hybridized carbons (Fsp3) is 0.538. The molecule has 0 spiro atoms. The van der Waals surface area contributed by atoms with Gasteiger partial charge in [0.05, 0.1) is 7.11 Å². The van der Waals surface area contributed by atoms with Crippen LogP contribution < -0.4 is 15.2 Å². The maximum atomic E-state index is 12.3. The first kappa shape index (κ1) is 17.3. The number of benzene rings is 1. The van der Waals surface area contributed by atoms with Crippen LogP contribution in [-0.4, -0.2) is 34.1 Å². The standard InChI is InChI=1S/C13H22N2O3S2/c1-10(9-19-3)8-15-20(16,17)13-5-4-11(7-14)6-12(13)18-2/h4-6,10,15H,7-9,14H2,1-3H3. The van der Waals surface area contributed by atoms with E-state index in [1.54, 1.807) is 23.9 Å². The van der Waals surface area contributed by atoms with Crippen molar-refractivity contribution < 1.29 is 13.2 Å². The number of nitrogens with two attached hydrogens (primary N) is 1. The Morgan fingerprint density at radius 1 is 1.45 bits per heavy atom. The van der Waals surface area contributed by atoms with Crippen LogP contribution in [0.1, 0.15) is 12.5 Å². The first-order valence-corrected chi connectivity index (χ1v) is 9.18. The summed E-state index contributed by atoms with van der Waals surface area (Å²) in [7, 11) is -2.12. The molecular weight excluding hydrogens is 296 g/mol. The van der Waals surface area contributed by atoms with Gasteiger partial charge in [-0.15, -0.1) is 0 Å². The van der Waals surface area contributed by atoms with Crippen LogP contribution in [0.2, 0.25) is 0 Å². The van der Waals surface area contributed by atoms with Crippen LogP contribution in [0.15, 0.2) is 23.1 Å². The number of ether oxygens (including phenoxy) is 1. The van der Waals surface area contributed by atoms with Crippen LogP contribution in [0.3, 0.4) is 0 Å². The van der Waals surface area contributed by atoms with E-state index in [-0.39, 0.29) is 10.8 Å². The molecule has 0 aliphatic heterocycles. The number of hydrogen-bond acceptors (Lipinski definition) is 5. The summed E-state index contributed by atoms with van der Waals surface area (Å²) in [6.07, 6.45) is 2.00. The molecule has 114 valence electrons. The zero-order chi connectivity index (χ0) is 15.2. The van der Waals surface area contributed by atoms with E-state index in [4.69, 9.17) is 10.5 Å². The van der Waals surface area contributed by atoms with Gasteiger partial charge in [0.2, 0.25) is 10.0 Å². The summed E-state index contributed by atoms with van der Waals surface area (Å²) in [6.45, 7) is 2.76. The Balaban J connectivity index is 2.92. The van der Waals surface area contributed by atoms with Crippen molar-refractivity contribution in [2.45, 2.75) is 18.4 Å². The molecule has 0 aliphatic rings. The number of hydrogen-bond donors (Lipinski definition) is 2. The molecule has 0 saturated carbocycles. The van der Waals surface area contributed by atoms with Crippen molar-refractivity contribution in [1.82, 2.24) is 4.72 Å². The molecule has 1 aromatic rings. The van der Waals surface area contributed by atoms with Gasteiger partial charge < -0.3 is 10.5 Å². The molecule has 1 unspecified atom stereocenters. The molecule has 5 nitrogen and oxygen atoms in total. The average Bonchev–Trinajstić information content (AvgIpc) is 2.44. The van der Waals surface area contributed by atoms with E-state index in [9.17, 15) is 8.42 Å². The number of methoxy groups -OCH3 is 1. The summed E-state index contributed by atoms with van der Waals surface area (Å²) >= 11 is 1.70. The fourth-order valence-electron chi connectivity index (χ4n) is 1.73. The lowest BCUT2D eigenvalue weighted by Gasteiger charge is -2.14. The number of rotatable bonds is 8. The van der Waals surface area contributed by atoms with Gasteiger partial charge in [-0.05, 0) is 35.6 Å². The van der Waals surface area contributed by atoms with Crippen molar-refractivity contribution in [3.63, 3.8) is 0 Å². The molecule has 3 N–H and O–H groups in total. The zero-order valence-corrected chi connectivity index (χ0v) is 13.7. The van der Waals surface area contributed by atoms with Gasteiger partial charge in [-0.25, -0.2) is 13.1 Å². The van der Waals surface area contributed by atoms with Crippen molar-refractivity contribution in [1.29, 1.82) is 0 Å². The zero-order valence-electron chi connectivity index (χ0n) is 12.0. The number of thioether (sulfide) groups is 1. The number of sulfonamides is 1. The highest BCUT2D eigenvalue weighted by Crippen LogP contribution is 2.24. The second-order valence-corrected chi connectivity index (χ2v) is 7.25. The van der Waals surface area contributed by atoms with Crippen LogP contribution >= 0.6 is 11.8 Å². The van der Waals surface area contributed by atoms with Crippen LogP contribution in [0.5, 0.6) is 5.75 Å². The second kappa shape index (κ2) is 7.87. The van der Waals surface area contributed by atoms with E-state index < -0.39 is 10.0 Å². The average molecular weight is 318 g/mol. The second-order valence-electron chi connectivity index (χ2n) is 4.60. The highest BCUT2D eigenvalue weighted by molar-refractivity contribution is 7.98. The molecule has 20 heavy (non-hydrogen) atoms. The van der Waals surface area contributed by atoms with E-state index in [0.29, 0.717) is 18.8 Å². The predicted octanol–water partition coefficient (Wildman–Crippen LogP) is 1.43. The molecule has 0 saturated heterocycles. The minimum atomic E-state index is -3.57. The van der Waals surface area contributed by atoms with Gasteiger partial charge in [0.1, 0.15) is 10.6 Å². The van der Waals surface area contributed by atoms with E-state index >= 15 is 0 Å². The minimum Gasteiger partial charge on any atom is -0.495 e. The van der Waals surface area contributed by atoms with Gasteiger partial charge in [-0.2, -0.15) is 11.8 Å². The van der Waals surface area contributed by atoms with Gasteiger partial charge in [0.15, 0.2) is 0 Å². The molecule has 0 fully saturated rings. The van der Waals surface area contributed by atoms with Crippen molar-refractivity contribution in [3.8, 4) is 5.75 Å². The van der Waals surface area contributed by atoms with Crippen molar-refractivity contribution in [3.05, 3.63) is 23.8 Å². The summed E-state index contributed by atoms with van der Waals surface area (Å²) in [4.78, 5) is 0.147. The lowest BCUT2D eigenvalue weighted by Crippen LogP contribution is -2.29. The van der Waals surface area contributed by atoms with Crippen LogP contribution in [-0.2, 0) is 16.6 Å². The molecule has 1 rings (SSSR count). The maximum Gasteiger partial charge on any atom is 0.244 e. The summed E-state index contributed by atoms with van der Waals surface area (Å²) in [6, 6.07) is 4.88. The predicted molar refractivity (Wildman–Crippen MR) is 83.6 cm³/mol. The van der Waals surface area contributed by atoms with Gasteiger partial charge in [0, 0.05) is 13.1 Å². The minimum absolute atomic E-state index is 0.147. The Morgan fingerprint density at radius 2 is 2.15 bits per heavy atom. The Labute approximate surface area is 125 Å². The molecule has 0 amide bonds. The van der Waals surface area contributed by atoms with Crippen molar-refractivity contribution in [2.75, 3.05) is 25.7 Å². The normalized spacial score (nSPS) is 13.2. The molecule has 0 bridgehead atoms. The SMILES string of the molecule is COc1cc(CN)ccc1S(=O)(=O)NCC(C)CSC. The summed E-state index contributed by atoms with van der Waals surface area (Å²) in [5.74, 6) is 1.50. The molecule has 1 atom stereocenters. The Morgan fingerprint density at radius 3 is 2.70 bits per heavy atom. The topological polar surface area (TPSA) is 81.4 Å². The third-order valence-corrected chi connectivity index (χ3v) is 5.19. The highest BCUT2D eigenvalue weighted by atomic mass is 32.2. The fourth-order valence-corrected chi connectivity index (χ4v) is 3.73. The Hall–Kier alpha value is -0.760. The molecule has 0 radical (unpaired) electrons. The Kier molecular flexibility index (Phi) is 6.81. The van der Waals surface area contributed by atoms with E-state index in [1.165, 1.54) is 13.2 Å². The lowest BCUT2D eigenvalue weighted by molar-refractivity contribution is 0.401. The third kappa shape index (κ3) is 4.66. The van der Waals surface area contributed by atoms with Gasteiger partial charge >= 0.3 is 0 Å². The van der Waals surface area contributed by atoms with Gasteiger partial charge in [0.25, 0.3) is 0 Å². The first-order chi connectivity index (χ1) is 9.44. The van der Waals surface area contributed by atoms with Gasteiger partial charge in [-0.3, -0.25) is 0 Å². The monoisotopic (exact) mass is 318 g/mol. The third-order valence-electron chi connectivity index (χ3n) is 2.83. The van der Waals surface area contributed by atoms with Crippen LogP contribution in [0.4, 0.5) is 0 Å². The van der Waals surface area contributed by atoms with Crippen LogP contribution in [0.25, 0.3) is 0 Å².